The molecule has 0 aliphatic heterocycles. The molecule has 0 amide bonds. The van der Waals surface area contributed by atoms with E-state index in [0.29, 0.717) is 6.54 Å². The Kier molecular flexibility index (Phi) is 2.70. The Labute approximate surface area is 107 Å². The van der Waals surface area contributed by atoms with Crippen LogP contribution in [0.3, 0.4) is 0 Å². The molecule has 4 heteroatoms. The predicted molar refractivity (Wildman–Crippen MR) is 72.0 cm³/mol. The van der Waals surface area contributed by atoms with E-state index < -0.39 is 0 Å². The Bertz CT molecular complexity index is 589. The lowest BCUT2D eigenvalue weighted by atomic mass is 10.2. The number of nitrogens with two attached hydrogens (primary N) is 1. The number of pyridine rings is 1. The van der Waals surface area contributed by atoms with Gasteiger partial charge in [-0.25, -0.2) is 4.98 Å². The molecule has 1 saturated carbocycles. The second kappa shape index (κ2) is 4.37. The predicted octanol–water partition coefficient (Wildman–Crippen LogP) is 2.12. The Morgan fingerprint density at radius 3 is 3.06 bits per heavy atom. The molecule has 2 aromatic heterocycles. The zero-order chi connectivity index (χ0) is 12.5. The van der Waals surface area contributed by atoms with Gasteiger partial charge in [-0.15, -0.1) is 0 Å². The monoisotopic (exact) mass is 242 g/mol. The van der Waals surface area contributed by atoms with Crippen LogP contribution in [0.5, 0.6) is 0 Å². The van der Waals surface area contributed by atoms with E-state index in [1.165, 1.54) is 18.4 Å². The lowest BCUT2D eigenvalue weighted by Crippen LogP contribution is -2.08. The first-order valence-corrected chi connectivity index (χ1v) is 6.35. The molecule has 0 aromatic carbocycles. The van der Waals surface area contributed by atoms with Crippen molar-refractivity contribution in [2.45, 2.75) is 32.2 Å². The second-order valence-corrected chi connectivity index (χ2v) is 5.00. The molecule has 2 aromatic rings. The van der Waals surface area contributed by atoms with Crippen LogP contribution >= 0.6 is 0 Å². The number of aromatic nitrogens is 2. The Morgan fingerprint density at radius 2 is 2.33 bits per heavy atom. The molecule has 3 N–H and O–H groups in total. The Morgan fingerprint density at radius 1 is 1.50 bits per heavy atom. The van der Waals surface area contributed by atoms with Gasteiger partial charge in [0.25, 0.3) is 0 Å². The lowest BCUT2D eigenvalue weighted by molar-refractivity contribution is 0.835. The van der Waals surface area contributed by atoms with E-state index in [4.69, 9.17) is 5.73 Å². The van der Waals surface area contributed by atoms with Crippen LogP contribution in [0.4, 0.5) is 0 Å². The van der Waals surface area contributed by atoms with E-state index in [9.17, 15) is 0 Å². The van der Waals surface area contributed by atoms with Gasteiger partial charge in [-0.05, 0) is 37.3 Å². The second-order valence-electron chi connectivity index (χ2n) is 5.00. The summed E-state index contributed by atoms with van der Waals surface area (Å²) in [5.41, 5.74) is 9.80. The van der Waals surface area contributed by atoms with Crippen LogP contribution in [-0.2, 0) is 6.54 Å². The Balaban J connectivity index is 1.79. The third-order valence-corrected chi connectivity index (χ3v) is 3.19. The molecular formula is C14H18N4. The first-order chi connectivity index (χ1) is 8.72. The molecule has 2 heterocycles. The van der Waals surface area contributed by atoms with Crippen molar-refractivity contribution in [3.63, 3.8) is 0 Å². The zero-order valence-electron chi connectivity index (χ0n) is 10.6. The average molecular weight is 242 g/mol. The normalized spacial score (nSPS) is 16.2. The van der Waals surface area contributed by atoms with E-state index in [1.807, 2.05) is 6.92 Å². The highest BCUT2D eigenvalue weighted by molar-refractivity contribution is 5.42. The van der Waals surface area contributed by atoms with Crippen LogP contribution in [0.15, 0.2) is 36.4 Å². The van der Waals surface area contributed by atoms with Crippen molar-refractivity contribution in [2.75, 3.05) is 0 Å². The van der Waals surface area contributed by atoms with Gasteiger partial charge < -0.3 is 15.5 Å². The number of hydrogen-bond acceptors (Lipinski definition) is 3. The highest BCUT2D eigenvalue weighted by Gasteiger charge is 2.23. The van der Waals surface area contributed by atoms with Crippen molar-refractivity contribution < 1.29 is 0 Å². The molecular weight excluding hydrogens is 224 g/mol. The quantitative estimate of drug-likeness (QED) is 0.863. The SMILES string of the molecule is C/C(N)=C/NCc1cn2cc(C3CC3)ccc2n1. The van der Waals surface area contributed by atoms with E-state index in [2.05, 4.69) is 39.2 Å². The molecule has 0 radical (unpaired) electrons. The minimum absolute atomic E-state index is 0.703. The summed E-state index contributed by atoms with van der Waals surface area (Å²) < 4.78 is 2.11. The molecule has 0 atom stereocenters. The first kappa shape index (κ1) is 11.1. The first-order valence-electron chi connectivity index (χ1n) is 6.35. The standard InChI is InChI=1S/C14H18N4/c1-10(15)6-16-7-13-9-18-8-12(11-2-3-11)4-5-14(18)17-13/h4-6,8-9,11,16H,2-3,7,15H2,1H3/b10-6-. The van der Waals surface area contributed by atoms with Gasteiger partial charge in [-0.1, -0.05) is 6.07 Å². The number of imidazole rings is 1. The lowest BCUT2D eigenvalue weighted by Gasteiger charge is -1.98. The van der Waals surface area contributed by atoms with Crippen LogP contribution < -0.4 is 11.1 Å². The molecule has 1 aliphatic rings. The van der Waals surface area contributed by atoms with E-state index >= 15 is 0 Å². The van der Waals surface area contributed by atoms with Gasteiger partial charge in [0, 0.05) is 24.3 Å². The maximum absolute atomic E-state index is 5.56. The summed E-state index contributed by atoms with van der Waals surface area (Å²) >= 11 is 0. The minimum atomic E-state index is 0.703. The zero-order valence-corrected chi connectivity index (χ0v) is 10.6. The van der Waals surface area contributed by atoms with Gasteiger partial charge >= 0.3 is 0 Å². The maximum Gasteiger partial charge on any atom is 0.137 e. The number of fused-ring (bicyclic) bond motifs is 1. The van der Waals surface area contributed by atoms with Crippen LogP contribution in [-0.4, -0.2) is 9.38 Å². The van der Waals surface area contributed by atoms with Crippen LogP contribution in [0.2, 0.25) is 0 Å². The summed E-state index contributed by atoms with van der Waals surface area (Å²) in [5.74, 6) is 0.779. The largest absolute Gasteiger partial charge is 0.401 e. The third kappa shape index (κ3) is 2.32. The molecule has 4 nitrogen and oxygen atoms in total. The number of nitrogens with one attached hydrogen (secondary N) is 1. The number of hydrogen-bond donors (Lipinski definition) is 2. The Hall–Kier alpha value is -1.97. The van der Waals surface area contributed by atoms with Crippen molar-refractivity contribution in [1.82, 2.24) is 14.7 Å². The maximum atomic E-state index is 5.56. The van der Waals surface area contributed by atoms with Crippen LogP contribution in [0, 0.1) is 0 Å². The van der Waals surface area contributed by atoms with Gasteiger partial charge in [-0.2, -0.15) is 0 Å². The highest BCUT2D eigenvalue weighted by atomic mass is 15.0. The summed E-state index contributed by atoms with van der Waals surface area (Å²) in [6, 6.07) is 4.29. The van der Waals surface area contributed by atoms with Gasteiger partial charge in [-0.3, -0.25) is 0 Å². The summed E-state index contributed by atoms with van der Waals surface area (Å²) in [4.78, 5) is 4.56. The number of nitrogens with zero attached hydrogens (tertiary/aromatic N) is 2. The topological polar surface area (TPSA) is 55.3 Å². The molecule has 0 bridgehead atoms. The molecule has 0 unspecified atom stereocenters. The summed E-state index contributed by atoms with van der Waals surface area (Å²) in [6.07, 6.45) is 8.74. The van der Waals surface area contributed by atoms with Gasteiger partial charge in [0.1, 0.15) is 5.65 Å². The molecule has 18 heavy (non-hydrogen) atoms. The fourth-order valence-corrected chi connectivity index (χ4v) is 2.12. The van der Waals surface area contributed by atoms with Gasteiger partial charge in [0.05, 0.1) is 12.2 Å². The number of allylic oxidation sites excluding steroid dienone is 1. The fraction of sp³-hybridized carbons (Fsp3) is 0.357. The van der Waals surface area contributed by atoms with Crippen molar-refractivity contribution >= 4 is 5.65 Å². The summed E-state index contributed by atoms with van der Waals surface area (Å²) in [7, 11) is 0. The summed E-state index contributed by atoms with van der Waals surface area (Å²) in [6.45, 7) is 2.56. The van der Waals surface area contributed by atoms with Crippen molar-refractivity contribution in [1.29, 1.82) is 0 Å². The van der Waals surface area contributed by atoms with E-state index in [-0.39, 0.29) is 0 Å². The third-order valence-electron chi connectivity index (χ3n) is 3.19. The molecule has 1 aliphatic carbocycles. The fourth-order valence-electron chi connectivity index (χ4n) is 2.12. The van der Waals surface area contributed by atoms with Crippen LogP contribution in [0.25, 0.3) is 5.65 Å². The molecule has 0 spiro atoms. The average Bonchev–Trinajstić information content (AvgIpc) is 3.09. The van der Waals surface area contributed by atoms with Gasteiger partial charge in [0.15, 0.2) is 0 Å². The van der Waals surface area contributed by atoms with Crippen molar-refractivity contribution in [3.05, 3.63) is 47.7 Å². The molecule has 1 fully saturated rings. The smallest absolute Gasteiger partial charge is 0.137 e. The number of rotatable bonds is 4. The van der Waals surface area contributed by atoms with E-state index in [1.54, 1.807) is 6.20 Å². The van der Waals surface area contributed by atoms with E-state index in [0.717, 1.165) is 23.0 Å². The summed E-state index contributed by atoms with van der Waals surface area (Å²) in [5, 5.41) is 3.15. The van der Waals surface area contributed by atoms with Crippen LogP contribution in [0.1, 0.15) is 36.9 Å². The molecule has 94 valence electrons. The molecule has 0 saturated heterocycles. The van der Waals surface area contributed by atoms with Gasteiger partial charge in [0.2, 0.25) is 0 Å². The highest BCUT2D eigenvalue weighted by Crippen LogP contribution is 2.39. The molecule has 3 rings (SSSR count). The minimum Gasteiger partial charge on any atom is -0.401 e. The van der Waals surface area contributed by atoms with Crippen molar-refractivity contribution in [3.8, 4) is 0 Å². The van der Waals surface area contributed by atoms with Crippen molar-refractivity contribution in [2.24, 2.45) is 5.73 Å².